The summed E-state index contributed by atoms with van der Waals surface area (Å²) in [6.45, 7) is 0. The van der Waals surface area contributed by atoms with E-state index < -0.39 is 6.04 Å². The Labute approximate surface area is 143 Å². The standard InChI is InChI=1S/C18H15N5O2/c24-15-11-14(17(25)19-13-9-5-2-6-10-13)23-18(20-15)21-16(22-23)12-7-3-1-4-8-12/h1-10,14H,11H2,(H,19,25)(H,20,21,22,24)/t14-/m1/s1. The minimum absolute atomic E-state index is 0.0171. The number of fused-ring (bicyclic) bond motifs is 1. The summed E-state index contributed by atoms with van der Waals surface area (Å²) in [5, 5.41) is 9.91. The van der Waals surface area contributed by atoms with E-state index in [1.54, 1.807) is 12.1 Å². The molecule has 0 aliphatic carbocycles. The molecule has 1 aliphatic rings. The molecule has 2 heterocycles. The van der Waals surface area contributed by atoms with Crippen LogP contribution < -0.4 is 10.6 Å². The third kappa shape index (κ3) is 2.99. The van der Waals surface area contributed by atoms with Crippen molar-refractivity contribution in [1.29, 1.82) is 0 Å². The Kier molecular flexibility index (Phi) is 3.74. The third-order valence-electron chi connectivity index (χ3n) is 3.93. The molecule has 25 heavy (non-hydrogen) atoms. The van der Waals surface area contributed by atoms with Gasteiger partial charge >= 0.3 is 0 Å². The number of carbonyl (C=O) groups excluding carboxylic acids is 2. The molecule has 1 aliphatic heterocycles. The van der Waals surface area contributed by atoms with E-state index in [9.17, 15) is 9.59 Å². The molecule has 0 fully saturated rings. The molecule has 7 nitrogen and oxygen atoms in total. The topological polar surface area (TPSA) is 88.9 Å². The first-order valence-electron chi connectivity index (χ1n) is 7.88. The molecule has 7 heteroatoms. The summed E-state index contributed by atoms with van der Waals surface area (Å²) in [4.78, 5) is 29.0. The van der Waals surface area contributed by atoms with Gasteiger partial charge in [-0.1, -0.05) is 48.5 Å². The Morgan fingerprint density at radius 1 is 1.08 bits per heavy atom. The van der Waals surface area contributed by atoms with Crippen LogP contribution in [0.3, 0.4) is 0 Å². The molecular formula is C18H15N5O2. The summed E-state index contributed by atoms with van der Waals surface area (Å²) in [5.41, 5.74) is 1.49. The molecule has 2 N–H and O–H groups in total. The van der Waals surface area contributed by atoms with Crippen molar-refractivity contribution < 1.29 is 9.59 Å². The molecule has 2 aromatic carbocycles. The van der Waals surface area contributed by atoms with Crippen molar-refractivity contribution in [2.45, 2.75) is 12.5 Å². The van der Waals surface area contributed by atoms with E-state index in [1.165, 1.54) is 4.68 Å². The number of amides is 2. The molecule has 2 amide bonds. The van der Waals surface area contributed by atoms with Gasteiger partial charge in [-0.15, -0.1) is 5.10 Å². The molecule has 1 atom stereocenters. The summed E-state index contributed by atoms with van der Waals surface area (Å²) in [6, 6.07) is 17.8. The fourth-order valence-corrected chi connectivity index (χ4v) is 2.72. The predicted octanol–water partition coefficient (Wildman–Crippen LogP) is 2.47. The Balaban J connectivity index is 1.66. The molecule has 0 saturated heterocycles. The van der Waals surface area contributed by atoms with E-state index in [0.29, 0.717) is 11.5 Å². The second-order valence-corrected chi connectivity index (χ2v) is 5.69. The van der Waals surface area contributed by atoms with Gasteiger partial charge in [0, 0.05) is 11.3 Å². The van der Waals surface area contributed by atoms with E-state index in [-0.39, 0.29) is 24.2 Å². The van der Waals surface area contributed by atoms with Gasteiger partial charge in [-0.3, -0.25) is 14.9 Å². The molecule has 4 rings (SSSR count). The summed E-state index contributed by atoms with van der Waals surface area (Å²) in [5.74, 6) is 0.193. The highest BCUT2D eigenvalue weighted by molar-refractivity contribution is 6.00. The Bertz CT molecular complexity index is 921. The zero-order chi connectivity index (χ0) is 17.2. The van der Waals surface area contributed by atoms with Gasteiger partial charge in [0.1, 0.15) is 6.04 Å². The summed E-state index contributed by atoms with van der Waals surface area (Å²) in [6.07, 6.45) is 0.0171. The van der Waals surface area contributed by atoms with Crippen LogP contribution in [0, 0.1) is 0 Å². The van der Waals surface area contributed by atoms with Crippen LogP contribution in [-0.2, 0) is 9.59 Å². The minimum atomic E-state index is -0.742. The van der Waals surface area contributed by atoms with E-state index in [1.807, 2.05) is 48.5 Å². The second-order valence-electron chi connectivity index (χ2n) is 5.69. The molecule has 0 saturated carbocycles. The zero-order valence-corrected chi connectivity index (χ0v) is 13.2. The Hall–Kier alpha value is -3.48. The lowest BCUT2D eigenvalue weighted by atomic mass is 10.1. The van der Waals surface area contributed by atoms with Gasteiger partial charge in [-0.2, -0.15) is 4.98 Å². The average molecular weight is 333 g/mol. The molecule has 0 radical (unpaired) electrons. The van der Waals surface area contributed by atoms with Crippen LogP contribution in [0.4, 0.5) is 11.6 Å². The average Bonchev–Trinajstić information content (AvgIpc) is 3.06. The smallest absolute Gasteiger partial charge is 0.249 e. The quantitative estimate of drug-likeness (QED) is 0.770. The number of nitrogens with one attached hydrogen (secondary N) is 2. The number of para-hydroxylation sites is 1. The predicted molar refractivity (Wildman–Crippen MR) is 92.8 cm³/mol. The van der Waals surface area contributed by atoms with Crippen LogP contribution in [-0.4, -0.2) is 26.6 Å². The molecule has 0 bridgehead atoms. The summed E-state index contributed by atoms with van der Waals surface area (Å²) < 4.78 is 1.47. The van der Waals surface area contributed by atoms with Gasteiger partial charge in [-0.25, -0.2) is 4.68 Å². The second kappa shape index (κ2) is 6.20. The van der Waals surface area contributed by atoms with Crippen LogP contribution in [0.25, 0.3) is 11.4 Å². The Morgan fingerprint density at radius 2 is 1.76 bits per heavy atom. The number of aromatic nitrogens is 3. The maximum Gasteiger partial charge on any atom is 0.249 e. The largest absolute Gasteiger partial charge is 0.324 e. The van der Waals surface area contributed by atoms with Gasteiger partial charge in [0.15, 0.2) is 5.82 Å². The van der Waals surface area contributed by atoms with Crippen molar-refractivity contribution in [2.75, 3.05) is 10.6 Å². The third-order valence-corrected chi connectivity index (χ3v) is 3.93. The number of benzene rings is 2. The highest BCUT2D eigenvalue weighted by atomic mass is 16.2. The van der Waals surface area contributed by atoms with Gasteiger partial charge in [0.2, 0.25) is 17.8 Å². The number of hydrogen-bond donors (Lipinski definition) is 2. The van der Waals surface area contributed by atoms with E-state index in [4.69, 9.17) is 0 Å². The van der Waals surface area contributed by atoms with Gasteiger partial charge in [0.05, 0.1) is 6.42 Å². The fraction of sp³-hybridized carbons (Fsp3) is 0.111. The maximum absolute atomic E-state index is 12.6. The molecule has 3 aromatic rings. The SMILES string of the molecule is O=C1C[C@H](C(=O)Nc2ccccc2)n2nc(-c3ccccc3)nc2N1. The van der Waals surface area contributed by atoms with Crippen molar-refractivity contribution >= 4 is 23.5 Å². The first-order chi connectivity index (χ1) is 12.2. The molecule has 0 spiro atoms. The fourth-order valence-electron chi connectivity index (χ4n) is 2.72. The van der Waals surface area contributed by atoms with Crippen LogP contribution in [0.5, 0.6) is 0 Å². The normalized spacial score (nSPS) is 16.0. The first-order valence-corrected chi connectivity index (χ1v) is 7.88. The molecule has 0 unspecified atom stereocenters. The van der Waals surface area contributed by atoms with Crippen LogP contribution in [0.2, 0.25) is 0 Å². The van der Waals surface area contributed by atoms with E-state index in [2.05, 4.69) is 20.7 Å². The monoisotopic (exact) mass is 333 g/mol. The Morgan fingerprint density at radius 3 is 2.48 bits per heavy atom. The van der Waals surface area contributed by atoms with Crippen LogP contribution >= 0.6 is 0 Å². The number of hydrogen-bond acceptors (Lipinski definition) is 4. The number of anilines is 2. The van der Waals surface area contributed by atoms with Crippen molar-refractivity contribution in [3.05, 3.63) is 60.7 Å². The van der Waals surface area contributed by atoms with Crippen molar-refractivity contribution in [3.8, 4) is 11.4 Å². The van der Waals surface area contributed by atoms with Gasteiger partial charge < -0.3 is 5.32 Å². The lowest BCUT2D eigenvalue weighted by Gasteiger charge is -2.22. The molecule has 124 valence electrons. The van der Waals surface area contributed by atoms with Crippen molar-refractivity contribution in [3.63, 3.8) is 0 Å². The number of nitrogens with zero attached hydrogens (tertiary/aromatic N) is 3. The highest BCUT2D eigenvalue weighted by Crippen LogP contribution is 2.27. The zero-order valence-electron chi connectivity index (χ0n) is 13.2. The van der Waals surface area contributed by atoms with Crippen LogP contribution in [0.15, 0.2) is 60.7 Å². The summed E-state index contributed by atoms with van der Waals surface area (Å²) >= 11 is 0. The van der Waals surface area contributed by atoms with Crippen LogP contribution in [0.1, 0.15) is 12.5 Å². The maximum atomic E-state index is 12.6. The summed E-state index contributed by atoms with van der Waals surface area (Å²) in [7, 11) is 0. The van der Waals surface area contributed by atoms with Crippen molar-refractivity contribution in [2.24, 2.45) is 0 Å². The van der Waals surface area contributed by atoms with E-state index >= 15 is 0 Å². The minimum Gasteiger partial charge on any atom is -0.324 e. The lowest BCUT2D eigenvalue weighted by molar-refractivity contribution is -0.125. The number of rotatable bonds is 3. The van der Waals surface area contributed by atoms with Crippen molar-refractivity contribution in [1.82, 2.24) is 14.8 Å². The highest BCUT2D eigenvalue weighted by Gasteiger charge is 2.33. The van der Waals surface area contributed by atoms with Gasteiger partial charge in [-0.05, 0) is 12.1 Å². The molecule has 1 aromatic heterocycles. The first kappa shape index (κ1) is 15.1. The lowest BCUT2D eigenvalue weighted by Crippen LogP contribution is -2.36. The van der Waals surface area contributed by atoms with E-state index in [0.717, 1.165) is 5.56 Å². The van der Waals surface area contributed by atoms with Gasteiger partial charge in [0.25, 0.3) is 0 Å². The molecular weight excluding hydrogens is 318 g/mol. The number of carbonyl (C=O) groups is 2.